The van der Waals surface area contributed by atoms with Crippen LogP contribution in [0, 0.1) is 11.3 Å². The Kier molecular flexibility index (Phi) is 2.73. The summed E-state index contributed by atoms with van der Waals surface area (Å²) in [5.74, 6) is 0.819. The van der Waals surface area contributed by atoms with Crippen LogP contribution in [0.4, 0.5) is 0 Å². The van der Waals surface area contributed by atoms with Gasteiger partial charge in [0.05, 0.1) is 22.8 Å². The first-order valence-corrected chi connectivity index (χ1v) is 6.83. The van der Waals surface area contributed by atoms with Gasteiger partial charge < -0.3 is 4.98 Å². The zero-order valence-corrected chi connectivity index (χ0v) is 11.5. The second kappa shape index (κ2) is 4.86. The highest BCUT2D eigenvalue weighted by atomic mass is 15.1. The van der Waals surface area contributed by atoms with Gasteiger partial charge in [-0.05, 0) is 30.3 Å². The lowest BCUT2D eigenvalue weighted by molar-refractivity contribution is 1.12. The number of nitrogens with one attached hydrogen (secondary N) is 2. The van der Waals surface area contributed by atoms with E-state index in [-0.39, 0.29) is 0 Å². The van der Waals surface area contributed by atoms with Crippen molar-refractivity contribution in [1.82, 2.24) is 20.2 Å². The van der Waals surface area contributed by atoms with E-state index in [0.29, 0.717) is 5.56 Å². The Bertz CT molecular complexity index is 989. The van der Waals surface area contributed by atoms with Crippen LogP contribution in [-0.2, 0) is 0 Å². The lowest BCUT2D eigenvalue weighted by atomic mass is 10.0. The summed E-state index contributed by atoms with van der Waals surface area (Å²) in [6.07, 6.45) is 3.53. The van der Waals surface area contributed by atoms with E-state index in [1.54, 1.807) is 18.5 Å². The number of aromatic amines is 2. The number of hydrogen-bond donors (Lipinski definition) is 2. The molecule has 104 valence electrons. The highest BCUT2D eigenvalue weighted by Crippen LogP contribution is 2.29. The maximum absolute atomic E-state index is 9.05. The second-order valence-electron chi connectivity index (χ2n) is 4.96. The summed E-state index contributed by atoms with van der Waals surface area (Å²) < 4.78 is 0. The van der Waals surface area contributed by atoms with Crippen molar-refractivity contribution in [2.24, 2.45) is 0 Å². The van der Waals surface area contributed by atoms with E-state index in [1.807, 2.05) is 36.4 Å². The van der Waals surface area contributed by atoms with Crippen molar-refractivity contribution in [3.8, 4) is 28.7 Å². The number of benzene rings is 2. The number of imidazole rings is 1. The maximum Gasteiger partial charge on any atom is 0.137 e. The molecule has 0 atom stereocenters. The van der Waals surface area contributed by atoms with E-state index < -0.39 is 0 Å². The quantitative estimate of drug-likeness (QED) is 0.591. The summed E-state index contributed by atoms with van der Waals surface area (Å²) in [6, 6.07) is 15.6. The lowest BCUT2D eigenvalue weighted by Gasteiger charge is -2.01. The third kappa shape index (κ3) is 1.95. The van der Waals surface area contributed by atoms with Gasteiger partial charge in [0.1, 0.15) is 5.82 Å². The van der Waals surface area contributed by atoms with Gasteiger partial charge in [0, 0.05) is 28.9 Å². The van der Waals surface area contributed by atoms with Crippen LogP contribution < -0.4 is 0 Å². The largest absolute Gasteiger partial charge is 0.345 e. The van der Waals surface area contributed by atoms with E-state index in [4.69, 9.17) is 5.26 Å². The summed E-state index contributed by atoms with van der Waals surface area (Å²) in [5, 5.41) is 17.5. The van der Waals surface area contributed by atoms with Gasteiger partial charge in [-0.25, -0.2) is 4.98 Å². The van der Waals surface area contributed by atoms with Crippen molar-refractivity contribution < 1.29 is 0 Å². The average Bonchev–Trinajstić information content (AvgIpc) is 3.23. The van der Waals surface area contributed by atoms with E-state index >= 15 is 0 Å². The molecule has 2 aromatic heterocycles. The Morgan fingerprint density at radius 1 is 1.05 bits per heavy atom. The Balaban J connectivity index is 1.91. The predicted octanol–water partition coefficient (Wildman–Crippen LogP) is 3.49. The van der Waals surface area contributed by atoms with Crippen LogP contribution in [0.3, 0.4) is 0 Å². The van der Waals surface area contributed by atoms with Crippen LogP contribution in [-0.4, -0.2) is 20.2 Å². The van der Waals surface area contributed by atoms with Crippen LogP contribution in [0.5, 0.6) is 0 Å². The Morgan fingerprint density at radius 2 is 2.00 bits per heavy atom. The maximum atomic E-state index is 9.05. The van der Waals surface area contributed by atoms with E-state index in [0.717, 1.165) is 33.5 Å². The smallest absolute Gasteiger partial charge is 0.137 e. The van der Waals surface area contributed by atoms with Gasteiger partial charge in [-0.3, -0.25) is 5.10 Å². The molecule has 0 saturated heterocycles. The number of rotatable bonds is 2. The lowest BCUT2D eigenvalue weighted by Crippen LogP contribution is -1.83. The number of fused-ring (bicyclic) bond motifs is 1. The highest BCUT2D eigenvalue weighted by Gasteiger charge is 2.10. The molecule has 0 fully saturated rings. The molecule has 0 spiro atoms. The molecule has 0 aliphatic rings. The molecule has 0 unspecified atom stereocenters. The fourth-order valence-corrected chi connectivity index (χ4v) is 2.54. The molecule has 5 heteroatoms. The summed E-state index contributed by atoms with van der Waals surface area (Å²) >= 11 is 0. The number of hydrogen-bond acceptors (Lipinski definition) is 3. The van der Waals surface area contributed by atoms with Crippen LogP contribution in [0.15, 0.2) is 54.9 Å². The van der Waals surface area contributed by atoms with Gasteiger partial charge in [-0.2, -0.15) is 10.4 Å². The molecular weight excluding hydrogens is 274 g/mol. The van der Waals surface area contributed by atoms with E-state index in [9.17, 15) is 0 Å². The molecule has 2 aromatic carbocycles. The molecule has 0 saturated carbocycles. The van der Waals surface area contributed by atoms with Crippen LogP contribution >= 0.6 is 0 Å². The van der Waals surface area contributed by atoms with Crippen molar-refractivity contribution >= 4 is 10.9 Å². The van der Waals surface area contributed by atoms with Gasteiger partial charge >= 0.3 is 0 Å². The standard InChI is InChI=1S/C17H11N5/c18-10-11-2-1-3-12(8-11)16-14-9-13(17-19-6-7-20-17)4-5-15(14)21-22-16/h1-9H,(H,19,20)(H,21,22). The van der Waals surface area contributed by atoms with Gasteiger partial charge in [0.2, 0.25) is 0 Å². The average molecular weight is 285 g/mol. The Morgan fingerprint density at radius 3 is 2.82 bits per heavy atom. The highest BCUT2D eigenvalue weighted by molar-refractivity contribution is 5.95. The zero-order chi connectivity index (χ0) is 14.9. The summed E-state index contributed by atoms with van der Waals surface area (Å²) in [7, 11) is 0. The summed E-state index contributed by atoms with van der Waals surface area (Å²) in [5.41, 5.74) is 4.32. The number of nitriles is 1. The molecule has 0 bridgehead atoms. The molecule has 0 radical (unpaired) electrons. The monoisotopic (exact) mass is 285 g/mol. The first-order valence-electron chi connectivity index (χ1n) is 6.83. The zero-order valence-electron chi connectivity index (χ0n) is 11.5. The molecular formula is C17H11N5. The first-order chi connectivity index (χ1) is 10.8. The fourth-order valence-electron chi connectivity index (χ4n) is 2.54. The molecule has 2 heterocycles. The van der Waals surface area contributed by atoms with Crippen molar-refractivity contribution in [2.45, 2.75) is 0 Å². The number of aromatic nitrogens is 4. The van der Waals surface area contributed by atoms with Crippen LogP contribution in [0.1, 0.15) is 5.56 Å². The third-order valence-corrected chi connectivity index (χ3v) is 3.60. The molecule has 0 amide bonds. The Hall–Kier alpha value is -3.39. The van der Waals surface area contributed by atoms with Crippen molar-refractivity contribution in [3.63, 3.8) is 0 Å². The summed E-state index contributed by atoms with van der Waals surface area (Å²) in [6.45, 7) is 0. The molecule has 22 heavy (non-hydrogen) atoms. The molecule has 4 aromatic rings. The predicted molar refractivity (Wildman–Crippen MR) is 83.8 cm³/mol. The normalized spacial score (nSPS) is 10.7. The van der Waals surface area contributed by atoms with Crippen LogP contribution in [0.25, 0.3) is 33.5 Å². The SMILES string of the molecule is N#Cc1cccc(-c2n[nH]c3ccc(-c4ncc[nH]4)cc23)c1. The van der Waals surface area contributed by atoms with Crippen molar-refractivity contribution in [3.05, 3.63) is 60.4 Å². The molecule has 2 N–H and O–H groups in total. The topological polar surface area (TPSA) is 81.2 Å². The van der Waals surface area contributed by atoms with Gasteiger partial charge in [0.15, 0.2) is 0 Å². The van der Waals surface area contributed by atoms with Crippen molar-refractivity contribution in [2.75, 3.05) is 0 Å². The minimum absolute atomic E-state index is 0.621. The third-order valence-electron chi connectivity index (χ3n) is 3.60. The van der Waals surface area contributed by atoms with Crippen LogP contribution in [0.2, 0.25) is 0 Å². The molecule has 0 aliphatic heterocycles. The van der Waals surface area contributed by atoms with Gasteiger partial charge in [0.25, 0.3) is 0 Å². The van der Waals surface area contributed by atoms with Crippen molar-refractivity contribution in [1.29, 1.82) is 5.26 Å². The molecule has 5 nitrogen and oxygen atoms in total. The first kappa shape index (κ1) is 12.4. The number of nitrogens with zero attached hydrogens (tertiary/aromatic N) is 3. The Labute approximate surface area is 126 Å². The van der Waals surface area contributed by atoms with Gasteiger partial charge in [-0.1, -0.05) is 12.1 Å². The van der Waals surface area contributed by atoms with Gasteiger partial charge in [-0.15, -0.1) is 0 Å². The van der Waals surface area contributed by atoms with E-state index in [2.05, 4.69) is 26.2 Å². The minimum Gasteiger partial charge on any atom is -0.345 e. The minimum atomic E-state index is 0.621. The molecule has 4 rings (SSSR count). The van der Waals surface area contributed by atoms with E-state index in [1.165, 1.54) is 0 Å². The second-order valence-corrected chi connectivity index (χ2v) is 4.96. The molecule has 0 aliphatic carbocycles. The number of H-pyrrole nitrogens is 2. The summed E-state index contributed by atoms with van der Waals surface area (Å²) in [4.78, 5) is 7.38. The fraction of sp³-hybridized carbons (Fsp3) is 0.